The standard InChI is InChI=1S/C20H25FN2O3S/c1-3-4-5-13-23(15-16-9-11-18(21)12-10-16)20(24)17-7-6-8-19(14-17)22-27(2,25)26/h6-12,14,22H,3-5,13,15H2,1-2H3. The van der Waals surface area contributed by atoms with Gasteiger partial charge in [-0.2, -0.15) is 0 Å². The second-order valence-corrected chi connectivity index (χ2v) is 8.26. The van der Waals surface area contributed by atoms with Crippen LogP contribution in [0.1, 0.15) is 42.1 Å². The van der Waals surface area contributed by atoms with Crippen molar-refractivity contribution in [3.8, 4) is 0 Å². The van der Waals surface area contributed by atoms with Crippen molar-refractivity contribution in [2.75, 3.05) is 17.5 Å². The Kier molecular flexibility index (Phi) is 7.36. The molecule has 0 spiro atoms. The van der Waals surface area contributed by atoms with Gasteiger partial charge in [-0.15, -0.1) is 0 Å². The first-order valence-electron chi connectivity index (χ1n) is 8.90. The van der Waals surface area contributed by atoms with Crippen molar-refractivity contribution in [1.82, 2.24) is 4.90 Å². The fraction of sp³-hybridized carbons (Fsp3) is 0.350. The van der Waals surface area contributed by atoms with Crippen molar-refractivity contribution >= 4 is 21.6 Å². The second kappa shape index (κ2) is 9.50. The average Bonchev–Trinajstić information content (AvgIpc) is 2.61. The number of halogens is 1. The van der Waals surface area contributed by atoms with Crippen molar-refractivity contribution in [3.63, 3.8) is 0 Å². The monoisotopic (exact) mass is 392 g/mol. The molecule has 0 saturated carbocycles. The number of amides is 1. The molecule has 2 aromatic rings. The Morgan fingerprint density at radius 2 is 1.81 bits per heavy atom. The fourth-order valence-corrected chi connectivity index (χ4v) is 3.28. The number of unbranched alkanes of at least 4 members (excludes halogenated alkanes) is 2. The van der Waals surface area contributed by atoms with Crippen LogP contribution in [0, 0.1) is 5.82 Å². The first-order valence-corrected chi connectivity index (χ1v) is 10.8. The third-order valence-electron chi connectivity index (χ3n) is 4.02. The van der Waals surface area contributed by atoms with Crippen LogP contribution in [0.5, 0.6) is 0 Å². The van der Waals surface area contributed by atoms with Gasteiger partial charge in [-0.25, -0.2) is 12.8 Å². The van der Waals surface area contributed by atoms with E-state index in [9.17, 15) is 17.6 Å². The Morgan fingerprint density at radius 1 is 1.11 bits per heavy atom. The maximum absolute atomic E-state index is 13.1. The van der Waals surface area contributed by atoms with Gasteiger partial charge in [0.2, 0.25) is 10.0 Å². The topological polar surface area (TPSA) is 66.5 Å². The number of benzene rings is 2. The van der Waals surface area contributed by atoms with E-state index in [4.69, 9.17) is 0 Å². The number of nitrogens with zero attached hydrogens (tertiary/aromatic N) is 1. The lowest BCUT2D eigenvalue weighted by Gasteiger charge is -2.23. The lowest BCUT2D eigenvalue weighted by Crippen LogP contribution is -2.31. The summed E-state index contributed by atoms with van der Waals surface area (Å²) in [7, 11) is -3.42. The fourth-order valence-electron chi connectivity index (χ4n) is 2.73. The average molecular weight is 392 g/mol. The molecule has 0 bridgehead atoms. The molecule has 27 heavy (non-hydrogen) atoms. The summed E-state index contributed by atoms with van der Waals surface area (Å²) in [6.07, 6.45) is 3.97. The van der Waals surface area contributed by atoms with Gasteiger partial charge in [0, 0.05) is 24.3 Å². The van der Waals surface area contributed by atoms with Gasteiger partial charge >= 0.3 is 0 Å². The SMILES string of the molecule is CCCCCN(Cc1ccc(F)cc1)C(=O)c1cccc(NS(C)(=O)=O)c1. The molecule has 0 saturated heterocycles. The first kappa shape index (κ1) is 20.9. The number of hydrogen-bond donors (Lipinski definition) is 1. The zero-order chi connectivity index (χ0) is 19.9. The summed E-state index contributed by atoms with van der Waals surface area (Å²) in [4.78, 5) is 14.7. The molecule has 5 nitrogen and oxygen atoms in total. The van der Waals surface area contributed by atoms with Gasteiger partial charge in [-0.05, 0) is 42.3 Å². The molecule has 2 rings (SSSR count). The van der Waals surface area contributed by atoms with E-state index in [1.165, 1.54) is 18.2 Å². The van der Waals surface area contributed by atoms with Crippen LogP contribution in [0.15, 0.2) is 48.5 Å². The van der Waals surface area contributed by atoms with Crippen molar-refractivity contribution in [2.45, 2.75) is 32.7 Å². The minimum atomic E-state index is -3.42. The van der Waals surface area contributed by atoms with E-state index in [-0.39, 0.29) is 11.7 Å². The molecule has 7 heteroatoms. The number of nitrogens with one attached hydrogen (secondary N) is 1. The summed E-state index contributed by atoms with van der Waals surface area (Å²) in [5.74, 6) is -0.505. The highest BCUT2D eigenvalue weighted by Gasteiger charge is 2.17. The molecule has 0 unspecified atom stereocenters. The maximum Gasteiger partial charge on any atom is 0.254 e. The Hall–Kier alpha value is -2.41. The van der Waals surface area contributed by atoms with Crippen molar-refractivity contribution in [3.05, 3.63) is 65.5 Å². The summed E-state index contributed by atoms with van der Waals surface area (Å²) in [5, 5.41) is 0. The molecule has 0 fully saturated rings. The number of carbonyl (C=O) groups excluding carboxylic acids is 1. The second-order valence-electron chi connectivity index (χ2n) is 6.52. The van der Waals surface area contributed by atoms with Crippen LogP contribution in [0.3, 0.4) is 0 Å². The minimum Gasteiger partial charge on any atom is -0.334 e. The van der Waals surface area contributed by atoms with Crippen LogP contribution in [-0.2, 0) is 16.6 Å². The Balaban J connectivity index is 2.21. The molecule has 0 aliphatic rings. The molecular weight excluding hydrogens is 367 g/mol. The molecule has 146 valence electrons. The zero-order valence-corrected chi connectivity index (χ0v) is 16.4. The molecule has 0 aromatic heterocycles. The van der Waals surface area contributed by atoms with Gasteiger partial charge in [-0.1, -0.05) is 38.0 Å². The summed E-state index contributed by atoms with van der Waals surface area (Å²) >= 11 is 0. The molecule has 2 aromatic carbocycles. The van der Waals surface area contributed by atoms with Gasteiger partial charge in [0.25, 0.3) is 5.91 Å². The third kappa shape index (κ3) is 7.02. The van der Waals surface area contributed by atoms with Crippen LogP contribution in [0.25, 0.3) is 0 Å². The molecule has 1 amide bonds. The van der Waals surface area contributed by atoms with Gasteiger partial charge in [0.15, 0.2) is 0 Å². The van der Waals surface area contributed by atoms with E-state index < -0.39 is 10.0 Å². The van der Waals surface area contributed by atoms with E-state index >= 15 is 0 Å². The zero-order valence-electron chi connectivity index (χ0n) is 15.6. The molecule has 0 radical (unpaired) electrons. The number of carbonyl (C=O) groups is 1. The Morgan fingerprint density at radius 3 is 2.44 bits per heavy atom. The van der Waals surface area contributed by atoms with Crippen molar-refractivity contribution in [1.29, 1.82) is 0 Å². The summed E-state index contributed by atoms with van der Waals surface area (Å²) < 4.78 is 38.4. The largest absolute Gasteiger partial charge is 0.334 e. The molecule has 1 N–H and O–H groups in total. The van der Waals surface area contributed by atoms with E-state index in [2.05, 4.69) is 11.6 Å². The number of sulfonamides is 1. The van der Waals surface area contributed by atoms with E-state index in [1.807, 2.05) is 0 Å². The van der Waals surface area contributed by atoms with E-state index in [1.54, 1.807) is 35.2 Å². The quantitative estimate of drug-likeness (QED) is 0.655. The lowest BCUT2D eigenvalue weighted by molar-refractivity contribution is 0.0740. The van der Waals surface area contributed by atoms with Crippen molar-refractivity contribution in [2.24, 2.45) is 0 Å². The number of rotatable bonds is 9. The normalized spacial score (nSPS) is 11.2. The van der Waals surface area contributed by atoms with Gasteiger partial charge in [0.1, 0.15) is 5.82 Å². The Bertz CT molecular complexity index is 867. The Labute approximate surface area is 160 Å². The predicted molar refractivity (Wildman–Crippen MR) is 106 cm³/mol. The van der Waals surface area contributed by atoms with Crippen LogP contribution in [-0.4, -0.2) is 32.0 Å². The molecule has 0 heterocycles. The summed E-state index contributed by atoms with van der Waals surface area (Å²) in [6, 6.07) is 12.5. The first-order chi connectivity index (χ1) is 12.8. The number of anilines is 1. The molecular formula is C20H25FN2O3S. The van der Waals surface area contributed by atoms with Crippen LogP contribution in [0.2, 0.25) is 0 Å². The summed E-state index contributed by atoms with van der Waals surface area (Å²) in [5.41, 5.74) is 1.59. The summed E-state index contributed by atoms with van der Waals surface area (Å²) in [6.45, 7) is 3.03. The van der Waals surface area contributed by atoms with Gasteiger partial charge in [0.05, 0.1) is 6.26 Å². The maximum atomic E-state index is 13.1. The highest BCUT2D eigenvalue weighted by Crippen LogP contribution is 2.17. The molecule has 0 aliphatic heterocycles. The number of hydrogen-bond acceptors (Lipinski definition) is 3. The van der Waals surface area contributed by atoms with Gasteiger partial charge < -0.3 is 4.90 Å². The third-order valence-corrected chi connectivity index (χ3v) is 4.62. The molecule has 0 atom stereocenters. The highest BCUT2D eigenvalue weighted by molar-refractivity contribution is 7.92. The van der Waals surface area contributed by atoms with E-state index in [0.717, 1.165) is 31.1 Å². The van der Waals surface area contributed by atoms with Crippen LogP contribution in [0.4, 0.5) is 10.1 Å². The van der Waals surface area contributed by atoms with Crippen molar-refractivity contribution < 1.29 is 17.6 Å². The van der Waals surface area contributed by atoms with Crippen LogP contribution >= 0.6 is 0 Å². The van der Waals surface area contributed by atoms with E-state index in [0.29, 0.717) is 24.3 Å². The minimum absolute atomic E-state index is 0.187. The predicted octanol–water partition coefficient (Wildman–Crippen LogP) is 4.03. The van der Waals surface area contributed by atoms with Gasteiger partial charge in [-0.3, -0.25) is 9.52 Å². The van der Waals surface area contributed by atoms with Crippen LogP contribution < -0.4 is 4.72 Å². The lowest BCUT2D eigenvalue weighted by atomic mass is 10.1. The smallest absolute Gasteiger partial charge is 0.254 e. The highest BCUT2D eigenvalue weighted by atomic mass is 32.2. The molecule has 0 aliphatic carbocycles.